The van der Waals surface area contributed by atoms with E-state index in [-0.39, 0.29) is 0 Å². The van der Waals surface area contributed by atoms with Crippen LogP contribution in [0.4, 0.5) is 18.9 Å². The maximum atomic E-state index is 13.0. The molecule has 0 radical (unpaired) electrons. The number of benzene rings is 2. The van der Waals surface area contributed by atoms with Gasteiger partial charge in [0.1, 0.15) is 6.33 Å². The highest BCUT2D eigenvalue weighted by molar-refractivity contribution is 5.67. The Balaban J connectivity index is 1.63. The number of hydrazine groups is 1. The first-order valence-electron chi connectivity index (χ1n) is 8.10. The average molecular weight is 369 g/mol. The third kappa shape index (κ3) is 3.41. The van der Waals surface area contributed by atoms with Gasteiger partial charge in [0, 0.05) is 11.9 Å². The highest BCUT2D eigenvalue weighted by atomic mass is 19.4. The largest absolute Gasteiger partial charge is 0.416 e. The van der Waals surface area contributed by atoms with E-state index in [2.05, 4.69) is 15.6 Å². The molecular weight excluding hydrogens is 355 g/mol. The van der Waals surface area contributed by atoms with Crippen molar-refractivity contribution >= 4 is 11.4 Å². The van der Waals surface area contributed by atoms with E-state index in [0.717, 1.165) is 17.8 Å². The number of allylic oxidation sites excluding steroid dienone is 2. The van der Waals surface area contributed by atoms with Gasteiger partial charge in [-0.15, -0.1) is 10.2 Å². The van der Waals surface area contributed by atoms with Crippen LogP contribution in [0.5, 0.6) is 0 Å². The highest BCUT2D eigenvalue weighted by Crippen LogP contribution is 2.32. The summed E-state index contributed by atoms with van der Waals surface area (Å²) in [5, 5.41) is 9.61. The second kappa shape index (κ2) is 6.64. The number of rotatable bonds is 3. The van der Waals surface area contributed by atoms with Crippen molar-refractivity contribution < 1.29 is 13.2 Å². The zero-order chi connectivity index (χ0) is 18.9. The van der Waals surface area contributed by atoms with Crippen molar-refractivity contribution in [1.29, 1.82) is 0 Å². The van der Waals surface area contributed by atoms with Crippen LogP contribution >= 0.6 is 0 Å². The Hall–Kier alpha value is -3.55. The number of aromatic nitrogens is 3. The number of para-hydroxylation sites is 1. The first-order valence-corrected chi connectivity index (χ1v) is 8.10. The van der Waals surface area contributed by atoms with Crippen molar-refractivity contribution in [3.63, 3.8) is 0 Å². The third-order valence-electron chi connectivity index (χ3n) is 4.01. The molecule has 136 valence electrons. The van der Waals surface area contributed by atoms with Crippen molar-refractivity contribution in [2.75, 3.05) is 5.01 Å². The standard InChI is InChI=1S/C19H14F3N5/c20-19(21,22)14-6-4-9-16(12-14)27-11-5-10-17(25-27)18-24-23-13-26(18)15-7-2-1-3-8-15/h1-13,25H. The average Bonchev–Trinajstić information content (AvgIpc) is 3.18. The van der Waals surface area contributed by atoms with Crippen molar-refractivity contribution in [2.45, 2.75) is 6.18 Å². The van der Waals surface area contributed by atoms with Crippen LogP contribution in [0.25, 0.3) is 11.4 Å². The van der Waals surface area contributed by atoms with Gasteiger partial charge in [-0.3, -0.25) is 15.0 Å². The molecule has 8 heteroatoms. The first-order chi connectivity index (χ1) is 13.0. The molecule has 0 bridgehead atoms. The van der Waals surface area contributed by atoms with Gasteiger partial charge < -0.3 is 0 Å². The Morgan fingerprint density at radius 3 is 2.48 bits per heavy atom. The lowest BCUT2D eigenvalue weighted by molar-refractivity contribution is -0.137. The summed E-state index contributed by atoms with van der Waals surface area (Å²) < 4.78 is 40.8. The molecule has 1 N–H and O–H groups in total. The summed E-state index contributed by atoms with van der Waals surface area (Å²) in [6.45, 7) is 0. The van der Waals surface area contributed by atoms with Gasteiger partial charge >= 0.3 is 6.18 Å². The fourth-order valence-electron chi connectivity index (χ4n) is 2.73. The molecule has 5 nitrogen and oxygen atoms in total. The zero-order valence-electron chi connectivity index (χ0n) is 13.9. The summed E-state index contributed by atoms with van der Waals surface area (Å²) in [5.41, 5.74) is 4.21. The van der Waals surface area contributed by atoms with Crippen molar-refractivity contribution in [1.82, 2.24) is 20.2 Å². The van der Waals surface area contributed by atoms with Crippen molar-refractivity contribution in [2.24, 2.45) is 0 Å². The number of halogens is 3. The summed E-state index contributed by atoms with van der Waals surface area (Å²) in [4.78, 5) is 0. The molecule has 2 aromatic carbocycles. The number of alkyl halides is 3. The molecular formula is C19H14F3N5. The summed E-state index contributed by atoms with van der Waals surface area (Å²) in [5.74, 6) is 0.544. The van der Waals surface area contributed by atoms with Gasteiger partial charge in [-0.1, -0.05) is 24.3 Å². The number of hydrogen-bond donors (Lipinski definition) is 1. The first kappa shape index (κ1) is 16.9. The van der Waals surface area contributed by atoms with E-state index in [1.165, 1.54) is 11.1 Å². The molecule has 0 saturated carbocycles. The van der Waals surface area contributed by atoms with Crippen LogP contribution in [-0.2, 0) is 6.18 Å². The quantitative estimate of drug-likeness (QED) is 0.753. The molecule has 1 aliphatic heterocycles. The Morgan fingerprint density at radius 1 is 0.926 bits per heavy atom. The van der Waals surface area contributed by atoms with E-state index in [0.29, 0.717) is 17.2 Å². The van der Waals surface area contributed by atoms with Crippen LogP contribution in [0.1, 0.15) is 11.4 Å². The van der Waals surface area contributed by atoms with E-state index >= 15 is 0 Å². The van der Waals surface area contributed by atoms with E-state index in [9.17, 15) is 13.2 Å². The van der Waals surface area contributed by atoms with Gasteiger partial charge in [-0.05, 0) is 42.5 Å². The molecule has 2 heterocycles. The van der Waals surface area contributed by atoms with Gasteiger partial charge in [0.05, 0.1) is 16.9 Å². The zero-order valence-corrected chi connectivity index (χ0v) is 13.9. The normalized spacial score (nSPS) is 14.0. The van der Waals surface area contributed by atoms with Crippen LogP contribution in [0.3, 0.4) is 0 Å². The molecule has 0 atom stereocenters. The van der Waals surface area contributed by atoms with Gasteiger partial charge in [0.25, 0.3) is 0 Å². The Labute approximate surface area is 153 Å². The highest BCUT2D eigenvalue weighted by Gasteiger charge is 2.31. The molecule has 3 aromatic rings. The Morgan fingerprint density at radius 2 is 1.70 bits per heavy atom. The third-order valence-corrected chi connectivity index (χ3v) is 4.01. The molecule has 0 unspecified atom stereocenters. The second-order valence-corrected chi connectivity index (χ2v) is 5.81. The summed E-state index contributed by atoms with van der Waals surface area (Å²) in [6, 6.07) is 14.6. The van der Waals surface area contributed by atoms with Crippen LogP contribution < -0.4 is 10.4 Å². The van der Waals surface area contributed by atoms with E-state index in [1.807, 2.05) is 30.3 Å². The maximum Gasteiger partial charge on any atom is 0.416 e. The Kier molecular flexibility index (Phi) is 4.15. The molecule has 1 aromatic heterocycles. The van der Waals surface area contributed by atoms with Gasteiger partial charge in [0.2, 0.25) is 0 Å². The summed E-state index contributed by atoms with van der Waals surface area (Å²) in [6.07, 6.45) is 2.34. The lowest BCUT2D eigenvalue weighted by atomic mass is 10.2. The number of nitrogens with one attached hydrogen (secondary N) is 1. The predicted molar refractivity (Wildman–Crippen MR) is 95.5 cm³/mol. The SMILES string of the molecule is FC(F)(F)c1cccc(N2C=CC=C(c3nncn3-c3ccccc3)N2)c1. The van der Waals surface area contributed by atoms with Crippen molar-refractivity contribution in [3.05, 3.63) is 90.7 Å². The second-order valence-electron chi connectivity index (χ2n) is 5.81. The molecule has 4 rings (SSSR count). The van der Waals surface area contributed by atoms with E-state index in [1.54, 1.807) is 35.3 Å². The van der Waals surface area contributed by atoms with Crippen LogP contribution in [0.15, 0.2) is 79.3 Å². The van der Waals surface area contributed by atoms with E-state index < -0.39 is 11.7 Å². The molecule has 0 saturated heterocycles. The minimum absolute atomic E-state index is 0.359. The van der Waals surface area contributed by atoms with Gasteiger partial charge in [-0.25, -0.2) is 0 Å². The van der Waals surface area contributed by atoms with Crippen LogP contribution in [-0.4, -0.2) is 14.8 Å². The van der Waals surface area contributed by atoms with Crippen LogP contribution in [0, 0.1) is 0 Å². The lowest BCUT2D eigenvalue weighted by Gasteiger charge is -2.27. The molecule has 1 aliphatic rings. The topological polar surface area (TPSA) is 46.0 Å². The predicted octanol–water partition coefficient (Wildman–Crippen LogP) is 4.17. The van der Waals surface area contributed by atoms with Crippen molar-refractivity contribution in [3.8, 4) is 5.69 Å². The monoisotopic (exact) mass is 369 g/mol. The van der Waals surface area contributed by atoms with Gasteiger partial charge in [-0.2, -0.15) is 13.2 Å². The molecule has 0 amide bonds. The summed E-state index contributed by atoms with van der Waals surface area (Å²) >= 11 is 0. The number of anilines is 1. The lowest BCUT2D eigenvalue weighted by Crippen LogP contribution is -2.34. The smallest absolute Gasteiger partial charge is 0.291 e. The number of hydrogen-bond acceptors (Lipinski definition) is 4. The molecule has 27 heavy (non-hydrogen) atoms. The van der Waals surface area contributed by atoms with E-state index in [4.69, 9.17) is 0 Å². The molecule has 0 fully saturated rings. The Bertz CT molecular complexity index is 1010. The van der Waals surface area contributed by atoms with Crippen LogP contribution in [0.2, 0.25) is 0 Å². The minimum atomic E-state index is -4.40. The number of nitrogens with zero attached hydrogens (tertiary/aromatic N) is 4. The minimum Gasteiger partial charge on any atom is -0.291 e. The summed E-state index contributed by atoms with van der Waals surface area (Å²) in [7, 11) is 0. The van der Waals surface area contributed by atoms with Gasteiger partial charge in [0.15, 0.2) is 5.82 Å². The maximum absolute atomic E-state index is 13.0. The fourth-order valence-corrected chi connectivity index (χ4v) is 2.73. The molecule has 0 aliphatic carbocycles. The molecule has 0 spiro atoms. The fraction of sp³-hybridized carbons (Fsp3) is 0.0526.